The van der Waals surface area contributed by atoms with Gasteiger partial charge in [0.2, 0.25) is 17.7 Å². The van der Waals surface area contributed by atoms with Crippen molar-refractivity contribution in [1.29, 1.82) is 0 Å². The first-order valence-corrected chi connectivity index (χ1v) is 24.7. The van der Waals surface area contributed by atoms with Crippen LogP contribution in [0.15, 0.2) is 60.9 Å². The highest BCUT2D eigenvalue weighted by Crippen LogP contribution is 2.37. The number of likely N-dealkylation sites (tertiary alicyclic amines) is 2. The van der Waals surface area contributed by atoms with Gasteiger partial charge in [-0.05, 0) is 125 Å². The maximum atomic E-state index is 14.4. The van der Waals surface area contributed by atoms with E-state index in [0.717, 1.165) is 46.4 Å². The minimum Gasteiger partial charge on any atom is -0.453 e. The molecule has 0 bridgehead atoms. The van der Waals surface area contributed by atoms with Crippen molar-refractivity contribution in [3.8, 4) is 22.4 Å². The molecule has 18 nitrogen and oxygen atoms in total. The van der Waals surface area contributed by atoms with Gasteiger partial charge in [-0.15, -0.1) is 0 Å². The molecule has 0 unspecified atom stereocenters. The number of methoxy groups -OCH3 is 2. The molecule has 6 amide bonds. The number of benzene rings is 2. The number of pyridine rings is 1. The van der Waals surface area contributed by atoms with Gasteiger partial charge < -0.3 is 50.0 Å². The lowest BCUT2D eigenvalue weighted by Crippen LogP contribution is -2.66. The van der Waals surface area contributed by atoms with Crippen molar-refractivity contribution >= 4 is 47.3 Å². The molecule has 71 heavy (non-hydrogen) atoms. The number of amides is 6. The molecule has 0 saturated carbocycles. The van der Waals surface area contributed by atoms with Crippen molar-refractivity contribution in [3.63, 3.8) is 0 Å². The number of aryl methyl sites for hydroxylation is 2. The van der Waals surface area contributed by atoms with Gasteiger partial charge in [0.15, 0.2) is 0 Å². The number of carbonyl (C=O) groups excluding carboxylic acids is 6. The van der Waals surface area contributed by atoms with Crippen molar-refractivity contribution in [2.24, 2.45) is 11.8 Å². The van der Waals surface area contributed by atoms with Gasteiger partial charge in [0.05, 0.1) is 31.5 Å². The third-order valence-corrected chi connectivity index (χ3v) is 14.4. The first-order chi connectivity index (χ1) is 33.8. The molecule has 7 rings (SSSR count). The van der Waals surface area contributed by atoms with E-state index in [2.05, 4.69) is 44.9 Å². The van der Waals surface area contributed by atoms with Crippen LogP contribution < -0.4 is 20.9 Å². The lowest BCUT2D eigenvalue weighted by atomic mass is 9.92. The second kappa shape index (κ2) is 21.6. The van der Waals surface area contributed by atoms with Crippen LogP contribution >= 0.6 is 0 Å². The minimum absolute atomic E-state index is 0.102. The molecule has 0 radical (unpaired) electrons. The third kappa shape index (κ3) is 10.9. The molecule has 5 heterocycles. The number of imidazole rings is 1. The standard InChI is InChI=1S/C53H70N10O8/c1-30(2)44(58-51(68)70-10)48(65)60-22-12-14-42(60)46-55-27-41(57-46)36-15-18-39(32(5)24-36)40-19-17-38(25-33(40)6)56-47(64)37-16-20-43(54-26-37)61-28-35(8)62(29-34(61)7)50(67)53(9)21-13-23-63(53)49(66)45(31(3)4)59-52(69)71-11/h15-20,24-27,30-31,34-35,42,44-45H,12-14,21-23,28-29H2,1-11H3,(H,55,57)(H,56,64)(H,58,68)(H,59,69)/t34-,35+,42+,44+,45+,53+/m1/s1. The minimum atomic E-state index is -1.06. The number of anilines is 2. The molecule has 18 heteroatoms. The summed E-state index contributed by atoms with van der Waals surface area (Å²) in [7, 11) is 2.54. The molecule has 380 valence electrons. The number of H-pyrrole nitrogens is 1. The van der Waals surface area contributed by atoms with Crippen LogP contribution in [0, 0.1) is 25.7 Å². The van der Waals surface area contributed by atoms with Crippen molar-refractivity contribution in [2.45, 2.75) is 124 Å². The lowest BCUT2D eigenvalue weighted by Gasteiger charge is -2.48. The van der Waals surface area contributed by atoms with Gasteiger partial charge in [0, 0.05) is 61.9 Å². The second-order valence-electron chi connectivity index (χ2n) is 20.2. The number of piperazine rings is 1. The van der Waals surface area contributed by atoms with Crippen LogP contribution in [0.1, 0.15) is 108 Å². The van der Waals surface area contributed by atoms with Crippen molar-refractivity contribution in [1.82, 2.24) is 40.3 Å². The van der Waals surface area contributed by atoms with E-state index >= 15 is 0 Å². The Bertz CT molecular complexity index is 2630. The predicted octanol–water partition coefficient (Wildman–Crippen LogP) is 7.24. The molecule has 6 atom stereocenters. The Morgan fingerprint density at radius 2 is 1.42 bits per heavy atom. The zero-order valence-electron chi connectivity index (χ0n) is 42.9. The average molecular weight is 975 g/mol. The van der Waals surface area contributed by atoms with Gasteiger partial charge >= 0.3 is 12.2 Å². The Morgan fingerprint density at radius 1 is 0.775 bits per heavy atom. The van der Waals surface area contributed by atoms with Crippen LogP contribution in [0.5, 0.6) is 0 Å². The molecule has 3 saturated heterocycles. The highest BCUT2D eigenvalue weighted by Gasteiger charge is 2.51. The Labute approximate surface area is 416 Å². The number of hydrogen-bond donors (Lipinski definition) is 4. The third-order valence-electron chi connectivity index (χ3n) is 14.4. The number of rotatable bonds is 13. The van der Waals surface area contributed by atoms with Crippen molar-refractivity contribution in [3.05, 3.63) is 83.4 Å². The normalized spacial score (nSPS) is 21.0. The smallest absolute Gasteiger partial charge is 0.407 e. The van der Waals surface area contributed by atoms with Crippen LogP contribution in [0.25, 0.3) is 22.4 Å². The van der Waals surface area contributed by atoms with Crippen LogP contribution in [-0.4, -0.2) is 136 Å². The molecule has 2 aromatic carbocycles. The summed E-state index contributed by atoms with van der Waals surface area (Å²) in [5, 5.41) is 8.39. The fraction of sp³-hybridized carbons (Fsp3) is 0.509. The van der Waals surface area contributed by atoms with E-state index in [4.69, 9.17) is 19.4 Å². The summed E-state index contributed by atoms with van der Waals surface area (Å²) in [5.41, 5.74) is 5.81. The molecule has 3 aliphatic rings. The Kier molecular flexibility index (Phi) is 15.8. The van der Waals surface area contributed by atoms with Gasteiger partial charge in [-0.2, -0.15) is 0 Å². The zero-order chi connectivity index (χ0) is 51.5. The van der Waals surface area contributed by atoms with Gasteiger partial charge in [0.1, 0.15) is 29.3 Å². The summed E-state index contributed by atoms with van der Waals surface area (Å²) in [6.45, 7) is 19.3. The Balaban J connectivity index is 0.961. The summed E-state index contributed by atoms with van der Waals surface area (Å²) in [6.07, 6.45) is 4.89. The molecule has 0 aliphatic carbocycles. The molecular weight excluding hydrogens is 905 g/mol. The number of carbonyl (C=O) groups is 6. The van der Waals surface area contributed by atoms with E-state index in [0.29, 0.717) is 61.9 Å². The highest BCUT2D eigenvalue weighted by molar-refractivity contribution is 6.04. The highest BCUT2D eigenvalue weighted by atomic mass is 16.5. The first kappa shape index (κ1) is 51.9. The molecule has 4 N–H and O–H groups in total. The fourth-order valence-corrected chi connectivity index (χ4v) is 10.4. The number of nitrogens with zero attached hydrogens (tertiary/aromatic N) is 6. The van der Waals surface area contributed by atoms with Crippen LogP contribution in [0.3, 0.4) is 0 Å². The lowest BCUT2D eigenvalue weighted by molar-refractivity contribution is -0.154. The van der Waals surface area contributed by atoms with E-state index in [1.165, 1.54) is 14.2 Å². The summed E-state index contributed by atoms with van der Waals surface area (Å²) in [6, 6.07) is 13.6. The van der Waals surface area contributed by atoms with E-state index in [-0.39, 0.29) is 53.6 Å². The predicted molar refractivity (Wildman–Crippen MR) is 270 cm³/mol. The number of aromatic nitrogens is 3. The molecule has 0 spiro atoms. The van der Waals surface area contributed by atoms with Crippen LogP contribution in [0.2, 0.25) is 0 Å². The molecule has 3 fully saturated rings. The van der Waals surface area contributed by atoms with Crippen molar-refractivity contribution < 1.29 is 38.2 Å². The van der Waals surface area contributed by atoms with E-state index < -0.39 is 29.8 Å². The maximum Gasteiger partial charge on any atom is 0.407 e. The Hall–Kier alpha value is -6.98. The quantitative estimate of drug-likeness (QED) is 0.105. The molecule has 3 aliphatic heterocycles. The van der Waals surface area contributed by atoms with Crippen LogP contribution in [-0.2, 0) is 23.9 Å². The second-order valence-corrected chi connectivity index (χ2v) is 20.2. The van der Waals surface area contributed by atoms with E-state index in [9.17, 15) is 28.8 Å². The number of nitrogens with one attached hydrogen (secondary N) is 4. The number of alkyl carbamates (subject to hydrolysis) is 2. The van der Waals surface area contributed by atoms with Gasteiger partial charge in [-0.3, -0.25) is 19.2 Å². The first-order valence-electron chi connectivity index (χ1n) is 24.7. The largest absolute Gasteiger partial charge is 0.453 e. The summed E-state index contributed by atoms with van der Waals surface area (Å²) in [4.78, 5) is 99.9. The summed E-state index contributed by atoms with van der Waals surface area (Å²) < 4.78 is 9.55. The summed E-state index contributed by atoms with van der Waals surface area (Å²) >= 11 is 0. The fourth-order valence-electron chi connectivity index (χ4n) is 10.4. The Morgan fingerprint density at radius 3 is 2.03 bits per heavy atom. The summed E-state index contributed by atoms with van der Waals surface area (Å²) in [5.74, 6) is 0.204. The van der Waals surface area contributed by atoms with E-state index in [1.807, 2.05) is 96.8 Å². The number of ether oxygens (including phenoxy) is 2. The monoisotopic (exact) mass is 975 g/mol. The molecule has 4 aromatic rings. The number of hydrogen-bond acceptors (Lipinski definition) is 11. The average Bonchev–Trinajstić information content (AvgIpc) is 4.13. The van der Waals surface area contributed by atoms with Crippen molar-refractivity contribution in [2.75, 3.05) is 50.6 Å². The SMILES string of the molecule is COC(=O)N[C@H](C(=O)N1CCC[C@H]1c1nc(-c2ccc(-c3ccc(NC(=O)c4ccc(N5C[C@H](C)N(C(=O)[C@]6(C)CCCN6C(=O)[C@@H](NC(=O)OC)C(C)C)C[C@H]5C)nc4)cc3C)c(C)c2)c[nH]1)C(C)C. The van der Waals surface area contributed by atoms with Gasteiger partial charge in [0.25, 0.3) is 5.91 Å². The maximum absolute atomic E-state index is 14.4. The van der Waals surface area contributed by atoms with E-state index in [1.54, 1.807) is 22.1 Å². The number of aromatic amines is 1. The molecule has 2 aromatic heterocycles. The van der Waals surface area contributed by atoms with Gasteiger partial charge in [-0.1, -0.05) is 45.9 Å². The topological polar surface area (TPSA) is 211 Å². The zero-order valence-corrected chi connectivity index (χ0v) is 42.9. The molecular formula is C53H70N10O8. The van der Waals surface area contributed by atoms with Crippen LogP contribution in [0.4, 0.5) is 21.1 Å². The van der Waals surface area contributed by atoms with Gasteiger partial charge in [-0.25, -0.2) is 19.6 Å².